The van der Waals surface area contributed by atoms with Crippen LogP contribution in [0, 0.1) is 0 Å². The van der Waals surface area contributed by atoms with Crippen molar-refractivity contribution in [3.05, 3.63) is 64.0 Å². The fourth-order valence-electron chi connectivity index (χ4n) is 2.43. The van der Waals surface area contributed by atoms with Gasteiger partial charge < -0.3 is 10.6 Å². The van der Waals surface area contributed by atoms with E-state index in [9.17, 15) is 9.59 Å². The number of hydrogen-bond donors (Lipinski definition) is 2. The Labute approximate surface area is 154 Å². The number of rotatable bonds is 5. The minimum atomic E-state index is -0.280. The van der Waals surface area contributed by atoms with E-state index in [2.05, 4.69) is 10.6 Å². The van der Waals surface area contributed by atoms with E-state index in [1.54, 1.807) is 24.3 Å². The summed E-state index contributed by atoms with van der Waals surface area (Å²) in [5.41, 5.74) is 1.07. The predicted octanol–water partition coefficient (Wildman–Crippen LogP) is 4.95. The van der Waals surface area contributed by atoms with Gasteiger partial charge in [0.05, 0.1) is 5.02 Å². The molecular formula is C19H17ClN2O2S. The summed E-state index contributed by atoms with van der Waals surface area (Å²) < 4.78 is 0.963. The lowest BCUT2D eigenvalue weighted by Crippen LogP contribution is -2.24. The topological polar surface area (TPSA) is 58.2 Å². The van der Waals surface area contributed by atoms with Gasteiger partial charge in [-0.25, -0.2) is 0 Å². The molecule has 0 bridgehead atoms. The van der Waals surface area contributed by atoms with Crippen molar-refractivity contribution < 1.29 is 9.59 Å². The maximum absolute atomic E-state index is 12.6. The van der Waals surface area contributed by atoms with Crippen LogP contribution in [0.1, 0.15) is 33.4 Å². The Bertz CT molecular complexity index is 936. The predicted molar refractivity (Wildman–Crippen MR) is 104 cm³/mol. The third-order valence-electron chi connectivity index (χ3n) is 3.66. The van der Waals surface area contributed by atoms with Crippen molar-refractivity contribution in [3.8, 4) is 0 Å². The van der Waals surface area contributed by atoms with E-state index >= 15 is 0 Å². The van der Waals surface area contributed by atoms with Crippen molar-refractivity contribution in [2.24, 2.45) is 0 Å². The largest absolute Gasteiger partial charge is 0.352 e. The monoisotopic (exact) mass is 372 g/mol. The molecule has 0 unspecified atom stereocenters. The van der Waals surface area contributed by atoms with E-state index in [4.69, 9.17) is 11.6 Å². The number of amides is 2. The van der Waals surface area contributed by atoms with Gasteiger partial charge >= 0.3 is 0 Å². The summed E-state index contributed by atoms with van der Waals surface area (Å²) in [4.78, 5) is 25.1. The molecule has 0 saturated heterocycles. The molecule has 0 saturated carbocycles. The number of carbonyl (C=O) groups excluding carboxylic acids is 2. The van der Waals surface area contributed by atoms with Gasteiger partial charge in [-0.15, -0.1) is 11.3 Å². The summed E-state index contributed by atoms with van der Waals surface area (Å²) in [6, 6.07) is 14.5. The van der Waals surface area contributed by atoms with Crippen LogP contribution in [0.25, 0.3) is 10.1 Å². The van der Waals surface area contributed by atoms with Crippen molar-refractivity contribution in [2.45, 2.75) is 13.3 Å². The van der Waals surface area contributed by atoms with E-state index < -0.39 is 0 Å². The highest BCUT2D eigenvalue weighted by molar-refractivity contribution is 7.21. The summed E-state index contributed by atoms with van der Waals surface area (Å²) in [6.45, 7) is 2.61. The number of benzene rings is 2. The van der Waals surface area contributed by atoms with E-state index in [1.807, 2.05) is 31.2 Å². The zero-order valence-corrected chi connectivity index (χ0v) is 15.2. The second-order valence-electron chi connectivity index (χ2n) is 5.53. The molecule has 6 heteroatoms. The number of fused-ring (bicyclic) bond motifs is 1. The lowest BCUT2D eigenvalue weighted by Gasteiger charge is -2.07. The standard InChI is InChI=1S/C19H17ClN2O2S/c1-2-10-21-18(23)12-6-5-7-13(11-12)22-19(24)17-16(20)14-8-3-4-9-15(14)25-17/h3-9,11H,2,10H2,1H3,(H,21,23)(H,22,24). The minimum absolute atomic E-state index is 0.155. The molecule has 25 heavy (non-hydrogen) atoms. The minimum Gasteiger partial charge on any atom is -0.352 e. The maximum Gasteiger partial charge on any atom is 0.267 e. The molecule has 3 rings (SSSR count). The van der Waals surface area contributed by atoms with Gasteiger partial charge in [0.25, 0.3) is 11.8 Å². The molecule has 0 fully saturated rings. The molecule has 3 aromatic rings. The Morgan fingerprint density at radius 3 is 2.64 bits per heavy atom. The molecule has 128 valence electrons. The van der Waals surface area contributed by atoms with Gasteiger partial charge in [0.1, 0.15) is 4.88 Å². The zero-order valence-electron chi connectivity index (χ0n) is 13.6. The molecule has 1 aromatic heterocycles. The molecule has 0 spiro atoms. The normalized spacial score (nSPS) is 10.6. The highest BCUT2D eigenvalue weighted by Crippen LogP contribution is 2.35. The number of carbonyl (C=O) groups is 2. The number of anilines is 1. The average molecular weight is 373 g/mol. The molecule has 0 aliphatic heterocycles. The first kappa shape index (κ1) is 17.5. The fraction of sp³-hybridized carbons (Fsp3) is 0.158. The Kier molecular flexibility index (Phi) is 5.36. The Morgan fingerprint density at radius 2 is 1.88 bits per heavy atom. The van der Waals surface area contributed by atoms with Crippen molar-refractivity contribution >= 4 is 50.5 Å². The van der Waals surface area contributed by atoms with Crippen LogP contribution in [0.2, 0.25) is 5.02 Å². The number of nitrogens with one attached hydrogen (secondary N) is 2. The van der Waals surface area contributed by atoms with Crippen molar-refractivity contribution in [2.75, 3.05) is 11.9 Å². The lowest BCUT2D eigenvalue weighted by atomic mass is 10.2. The molecule has 2 N–H and O–H groups in total. The van der Waals surface area contributed by atoms with Gasteiger partial charge in [0.15, 0.2) is 0 Å². The van der Waals surface area contributed by atoms with E-state index in [1.165, 1.54) is 11.3 Å². The summed E-state index contributed by atoms with van der Waals surface area (Å²) in [7, 11) is 0. The second kappa shape index (κ2) is 7.68. The van der Waals surface area contributed by atoms with Crippen LogP contribution in [0.15, 0.2) is 48.5 Å². The molecular weight excluding hydrogens is 356 g/mol. The third kappa shape index (κ3) is 3.83. The molecule has 0 aliphatic carbocycles. The molecule has 4 nitrogen and oxygen atoms in total. The Balaban J connectivity index is 1.80. The quantitative estimate of drug-likeness (QED) is 0.665. The van der Waals surface area contributed by atoms with Crippen molar-refractivity contribution in [1.29, 1.82) is 0 Å². The van der Waals surface area contributed by atoms with Crippen molar-refractivity contribution in [3.63, 3.8) is 0 Å². The number of thiophene rings is 1. The van der Waals surface area contributed by atoms with Crippen LogP contribution in [-0.2, 0) is 0 Å². The Morgan fingerprint density at radius 1 is 1.08 bits per heavy atom. The first-order valence-corrected chi connectivity index (χ1v) is 9.16. The molecule has 0 aliphatic rings. The van der Waals surface area contributed by atoms with Crippen LogP contribution in [0.3, 0.4) is 0 Å². The van der Waals surface area contributed by atoms with Crippen molar-refractivity contribution in [1.82, 2.24) is 5.32 Å². The number of hydrogen-bond acceptors (Lipinski definition) is 3. The van der Waals surface area contributed by atoms with Gasteiger partial charge in [0.2, 0.25) is 0 Å². The SMILES string of the molecule is CCCNC(=O)c1cccc(NC(=O)c2sc3ccccc3c2Cl)c1. The summed E-state index contributed by atoms with van der Waals surface area (Å²) in [5, 5.41) is 6.96. The maximum atomic E-state index is 12.6. The second-order valence-corrected chi connectivity index (χ2v) is 6.96. The fourth-order valence-corrected chi connectivity index (χ4v) is 3.84. The summed E-state index contributed by atoms with van der Waals surface area (Å²) in [6.07, 6.45) is 0.868. The van der Waals surface area contributed by atoms with Gasteiger partial charge in [-0.2, -0.15) is 0 Å². The Hall–Kier alpha value is -2.37. The van der Waals surface area contributed by atoms with Crippen LogP contribution in [0.4, 0.5) is 5.69 Å². The number of halogens is 1. The highest BCUT2D eigenvalue weighted by atomic mass is 35.5. The zero-order chi connectivity index (χ0) is 17.8. The van der Waals surface area contributed by atoms with Gasteiger partial charge in [-0.05, 0) is 30.7 Å². The molecule has 1 heterocycles. The van der Waals surface area contributed by atoms with Crippen LogP contribution < -0.4 is 10.6 Å². The third-order valence-corrected chi connectivity index (χ3v) is 5.33. The smallest absolute Gasteiger partial charge is 0.267 e. The summed E-state index contributed by atoms with van der Waals surface area (Å²) in [5.74, 6) is -0.435. The molecule has 0 radical (unpaired) electrons. The molecule has 0 atom stereocenters. The van der Waals surface area contributed by atoms with Crippen LogP contribution in [0.5, 0.6) is 0 Å². The van der Waals surface area contributed by atoms with Crippen LogP contribution >= 0.6 is 22.9 Å². The average Bonchev–Trinajstić information content (AvgIpc) is 2.97. The first-order valence-electron chi connectivity index (χ1n) is 7.96. The molecule has 2 aromatic carbocycles. The van der Waals surface area contributed by atoms with Gasteiger partial charge in [-0.1, -0.05) is 42.8 Å². The van der Waals surface area contributed by atoms with E-state index in [0.717, 1.165) is 16.5 Å². The first-order chi connectivity index (χ1) is 12.1. The lowest BCUT2D eigenvalue weighted by molar-refractivity contribution is 0.0952. The van der Waals surface area contributed by atoms with Gasteiger partial charge in [0, 0.05) is 27.9 Å². The molecule has 2 amide bonds. The van der Waals surface area contributed by atoms with Crippen LogP contribution in [-0.4, -0.2) is 18.4 Å². The van der Waals surface area contributed by atoms with Gasteiger partial charge in [-0.3, -0.25) is 9.59 Å². The summed E-state index contributed by atoms with van der Waals surface area (Å²) >= 11 is 7.69. The van der Waals surface area contributed by atoms with E-state index in [0.29, 0.717) is 27.7 Å². The highest BCUT2D eigenvalue weighted by Gasteiger charge is 2.17. The van der Waals surface area contributed by atoms with E-state index in [-0.39, 0.29) is 11.8 Å².